The second-order valence-electron chi connectivity index (χ2n) is 18.3. The molecule has 3 aliphatic rings. The zero-order valence-electron chi connectivity index (χ0n) is 43.6. The van der Waals surface area contributed by atoms with Gasteiger partial charge in [-0.05, 0) is 79.8 Å². The summed E-state index contributed by atoms with van der Waals surface area (Å²) in [4.78, 5) is 72.2. The van der Waals surface area contributed by atoms with Crippen LogP contribution < -0.4 is 29.5 Å². The Bertz CT molecular complexity index is 2710. The summed E-state index contributed by atoms with van der Waals surface area (Å²) in [5.41, 5.74) is 3.06. The first-order chi connectivity index (χ1) is 35.1. The van der Waals surface area contributed by atoms with Crippen molar-refractivity contribution in [3.63, 3.8) is 0 Å². The van der Waals surface area contributed by atoms with Crippen LogP contribution in [0.5, 0.6) is 5.75 Å². The number of aromatic nitrogens is 2. The molecular weight excluding hydrogens is 1100 g/mol. The number of benzene rings is 2. The minimum Gasteiger partial charge on any atom is -0.778 e. The molecule has 2 aromatic heterocycles. The predicted molar refractivity (Wildman–Crippen MR) is 290 cm³/mol. The number of amides is 3. The molecule has 0 saturated carbocycles. The number of fused-ring (bicyclic) bond motifs is 2. The van der Waals surface area contributed by atoms with Gasteiger partial charge >= 0.3 is 5.97 Å². The van der Waals surface area contributed by atoms with Gasteiger partial charge in [0.2, 0.25) is 10.7 Å². The van der Waals surface area contributed by atoms with Crippen LogP contribution in [0.4, 0.5) is 21.5 Å². The molecule has 3 amide bonds. The van der Waals surface area contributed by atoms with Crippen LogP contribution in [0.3, 0.4) is 0 Å². The van der Waals surface area contributed by atoms with Crippen molar-refractivity contribution in [2.45, 2.75) is 84.5 Å². The second-order valence-corrected chi connectivity index (χ2v) is 24.5. The molecular formula is C49H66Cl3FN7O12PS2. The number of ether oxygens (including phenoxy) is 3. The molecule has 2 aromatic carbocycles. The smallest absolute Gasteiger partial charge is 0.317 e. The lowest BCUT2D eigenvalue weighted by atomic mass is 9.92. The van der Waals surface area contributed by atoms with E-state index >= 15 is 0 Å². The van der Waals surface area contributed by atoms with Crippen LogP contribution in [0, 0.1) is 30.5 Å². The number of para-hydroxylation sites is 1. The summed E-state index contributed by atoms with van der Waals surface area (Å²) in [6, 6.07) is 12.4. The molecule has 75 heavy (non-hydrogen) atoms. The van der Waals surface area contributed by atoms with Gasteiger partial charge in [0.15, 0.2) is 17.3 Å². The molecule has 1 fully saturated rings. The molecule has 0 spiro atoms. The van der Waals surface area contributed by atoms with E-state index in [1.165, 1.54) is 33.5 Å². The van der Waals surface area contributed by atoms with Gasteiger partial charge in [-0.15, -0.1) is 18.0 Å². The number of anilines is 2. The van der Waals surface area contributed by atoms with Crippen LogP contribution >= 0.6 is 53.9 Å². The number of aliphatic carboxylic acids is 1. The van der Waals surface area contributed by atoms with E-state index in [0.717, 1.165) is 42.0 Å². The highest BCUT2D eigenvalue weighted by molar-refractivity contribution is 7.94. The second kappa shape index (κ2) is 29.9. The minimum atomic E-state index is -4.35. The van der Waals surface area contributed by atoms with Crippen LogP contribution in [-0.2, 0) is 63.5 Å². The van der Waals surface area contributed by atoms with E-state index in [4.69, 9.17) is 69.9 Å². The van der Waals surface area contributed by atoms with Gasteiger partial charge in [0, 0.05) is 37.2 Å². The fraction of sp³-hybridized carbons (Fsp3) is 0.510. The number of carbonyl (C=O) groups excluding carboxylic acids is 3. The lowest BCUT2D eigenvalue weighted by Crippen LogP contribution is -2.45. The standard InChI is InChI=1S/C18H17FN4O2S.C14H20ClNO2.C11H13Cl2NO3.C3H8NO5P.C3H9S/c1-4-5-22-13-7-12(11(19)6-14(13)25-9-16(22)24)20-17-23-10-18(2,3)8-15(23)21-26-17;1-4-12-8-6-7-11(3)14(12)16(10-18-5-2)13(17)9-15;1-11(2)14(10(15)9(12)13)6-8(17-11)7-4-3-5-16-7;5-3(6)1-4-2-10(7,8)9;1-4(2)3/h1,6-7H,5,8-10H2,2-3H3;6-8H,4-5,9-10H2,1-3H3;3-5,8-9H,6H2,1-2H3;4H,1-2H2,(H,5,6)(H2,7,8,9);1-3H3/q;;;;+1/p-1/b20-17-;;;;. The van der Waals surface area contributed by atoms with E-state index in [1.54, 1.807) is 31.1 Å². The monoisotopic (exact) mass is 1160 g/mol. The van der Waals surface area contributed by atoms with Gasteiger partial charge in [-0.1, -0.05) is 68.1 Å². The Morgan fingerprint density at radius 1 is 1.17 bits per heavy atom. The van der Waals surface area contributed by atoms with Crippen LogP contribution in [0.1, 0.15) is 70.4 Å². The van der Waals surface area contributed by atoms with Gasteiger partial charge in [-0.3, -0.25) is 34.3 Å². The highest BCUT2D eigenvalue weighted by atomic mass is 35.5. The first-order valence-corrected chi connectivity index (χ1v) is 29.6. The maximum atomic E-state index is 14.5. The van der Waals surface area contributed by atoms with Crippen molar-refractivity contribution in [2.75, 3.05) is 80.3 Å². The van der Waals surface area contributed by atoms with E-state index in [-0.39, 0.29) is 60.7 Å². The van der Waals surface area contributed by atoms with Crippen molar-refractivity contribution in [3.8, 4) is 18.1 Å². The molecule has 2 unspecified atom stereocenters. The van der Waals surface area contributed by atoms with Crippen LogP contribution in [-0.4, -0.2) is 129 Å². The van der Waals surface area contributed by atoms with Crippen LogP contribution in [0.25, 0.3) is 0 Å². The molecule has 0 radical (unpaired) electrons. The van der Waals surface area contributed by atoms with E-state index in [1.807, 2.05) is 48.0 Å². The number of furan rings is 1. The molecule has 26 heteroatoms. The van der Waals surface area contributed by atoms with Crippen molar-refractivity contribution >= 4 is 106 Å². The number of nitrogens with zero attached hydrogens (tertiary/aromatic N) is 6. The average Bonchev–Trinajstić information content (AvgIpc) is 4.12. The summed E-state index contributed by atoms with van der Waals surface area (Å²) in [5, 5.41) is 9.97. The van der Waals surface area contributed by atoms with E-state index in [9.17, 15) is 33.0 Å². The summed E-state index contributed by atoms with van der Waals surface area (Å²) in [6.07, 6.45) is 14.3. The fourth-order valence-electron chi connectivity index (χ4n) is 7.39. The largest absolute Gasteiger partial charge is 0.778 e. The molecule has 19 nitrogen and oxygen atoms in total. The lowest BCUT2D eigenvalue weighted by Gasteiger charge is -2.29. The van der Waals surface area contributed by atoms with E-state index in [2.05, 4.69) is 54.8 Å². The van der Waals surface area contributed by atoms with Gasteiger partial charge in [0.1, 0.15) is 55.1 Å². The number of halogens is 4. The normalized spacial score (nSPS) is 16.8. The SMILES string of the molecule is C#CCN1C(=O)COc2cc(F)c(/N=c3\snc4n3CC(C)(C)C4)cc21.CC1(C)OC(c2ccco2)CN1C(=O)C(Cl)Cl.CCOCN(C(=O)CCl)c1c(C)cccc1CC.C[S+](C)C.O=C(O)CNCP(=O)([O-])O. The summed E-state index contributed by atoms with van der Waals surface area (Å²) in [5.74, 6) is 1.92. The molecule has 0 bridgehead atoms. The third-order valence-corrected chi connectivity index (χ3v) is 12.6. The Morgan fingerprint density at radius 2 is 1.85 bits per heavy atom. The summed E-state index contributed by atoms with van der Waals surface area (Å²) in [7, 11) is -3.71. The van der Waals surface area contributed by atoms with Crippen molar-refractivity contribution < 1.29 is 61.7 Å². The number of alkyl halides is 3. The molecule has 5 heterocycles. The van der Waals surface area contributed by atoms with E-state index < -0.39 is 42.8 Å². The highest BCUT2D eigenvalue weighted by Crippen LogP contribution is 2.39. The fourth-order valence-corrected chi connectivity index (χ4v) is 8.92. The number of nitrogens with one attached hydrogen (secondary N) is 1. The molecule has 3 N–H and O–H groups in total. The minimum absolute atomic E-state index is 0.0371. The zero-order chi connectivity index (χ0) is 56.4. The Labute approximate surface area is 459 Å². The van der Waals surface area contributed by atoms with Gasteiger partial charge < -0.3 is 47.6 Å². The van der Waals surface area contributed by atoms with Gasteiger partial charge in [-0.2, -0.15) is 4.37 Å². The highest BCUT2D eigenvalue weighted by Gasteiger charge is 2.45. The maximum Gasteiger partial charge on any atom is 0.317 e. The number of carboxylic acids is 1. The Hall–Kier alpha value is -4.50. The Morgan fingerprint density at radius 3 is 2.41 bits per heavy atom. The summed E-state index contributed by atoms with van der Waals surface area (Å²) in [6.45, 7) is 15.3. The van der Waals surface area contributed by atoms with Crippen LogP contribution in [0.2, 0.25) is 0 Å². The number of hydrogen-bond donors (Lipinski definition) is 3. The van der Waals surface area contributed by atoms with Crippen molar-refractivity contribution in [1.82, 2.24) is 19.2 Å². The van der Waals surface area contributed by atoms with Gasteiger partial charge in [-0.25, -0.2) is 9.38 Å². The third-order valence-electron chi connectivity index (χ3n) is 10.6. The number of carboxylic acid groups (broad SMARTS) is 1. The quantitative estimate of drug-likeness (QED) is 0.0389. The first kappa shape index (κ1) is 64.8. The Kier molecular flexibility index (Phi) is 25.8. The number of hydrogen-bond acceptors (Lipinski definition) is 14. The Balaban J connectivity index is 0.000000269. The molecule has 3 aliphatic heterocycles. The van der Waals surface area contributed by atoms with Crippen molar-refractivity contribution in [2.24, 2.45) is 10.4 Å². The first-order valence-electron chi connectivity index (χ1n) is 23.2. The molecule has 1 saturated heterocycles. The van der Waals surface area contributed by atoms with E-state index in [0.29, 0.717) is 46.0 Å². The number of aryl methyl sites for hydroxylation is 2. The molecule has 414 valence electrons. The zero-order valence-corrected chi connectivity index (χ0v) is 48.4. The summed E-state index contributed by atoms with van der Waals surface area (Å²) >= 11 is 18.1. The average molecular weight is 1170 g/mol. The molecule has 4 aromatic rings. The van der Waals surface area contributed by atoms with Gasteiger partial charge in [0.25, 0.3) is 11.8 Å². The molecule has 0 aliphatic carbocycles. The van der Waals surface area contributed by atoms with Gasteiger partial charge in [0.05, 0.1) is 62.3 Å². The van der Waals surface area contributed by atoms with Crippen LogP contribution in [0.15, 0.2) is 58.1 Å². The maximum absolute atomic E-state index is 14.5. The molecule has 7 rings (SSSR count). The number of terminal acetylenes is 1. The summed E-state index contributed by atoms with van der Waals surface area (Å²) < 4.78 is 52.7. The van der Waals surface area contributed by atoms with Crippen molar-refractivity contribution in [3.05, 3.63) is 82.1 Å². The molecule has 2 atom stereocenters. The topological polar surface area (TPSA) is 242 Å². The predicted octanol–water partition coefficient (Wildman–Crippen LogP) is 6.76. The lowest BCUT2D eigenvalue weighted by molar-refractivity contribution is -0.193. The number of carbonyl (C=O) groups is 4. The third kappa shape index (κ3) is 20.1. The number of rotatable bonds is 14. The van der Waals surface area contributed by atoms with Crippen molar-refractivity contribution in [1.29, 1.82) is 0 Å².